The first kappa shape index (κ1) is 20.3. The Kier molecular flexibility index (Phi) is 6.50. The Labute approximate surface area is 177 Å². The van der Waals surface area contributed by atoms with Gasteiger partial charge in [0.25, 0.3) is 0 Å². The maximum atomic E-state index is 10.7. The van der Waals surface area contributed by atoms with Gasteiger partial charge in [-0.1, -0.05) is 0 Å². The van der Waals surface area contributed by atoms with Gasteiger partial charge in [0.15, 0.2) is 17.7 Å². The molecule has 2 aromatic heterocycles. The molecule has 24 heavy (non-hydrogen) atoms. The van der Waals surface area contributed by atoms with Crippen molar-refractivity contribution in [3.05, 3.63) is 12.7 Å². The second kappa shape index (κ2) is 7.69. The molecule has 1 saturated heterocycles. The van der Waals surface area contributed by atoms with Crippen LogP contribution in [-0.4, -0.2) is 116 Å². The molecule has 3 heterocycles. The summed E-state index contributed by atoms with van der Waals surface area (Å²) in [4.78, 5) is 29.2. The number of phosphoric ester groups is 1. The van der Waals surface area contributed by atoms with Gasteiger partial charge in [-0.25, -0.2) is 19.5 Å². The molecular weight excluding hydrogens is 372 g/mol. The Morgan fingerprint density at radius 1 is 1.29 bits per heavy atom. The summed E-state index contributed by atoms with van der Waals surface area (Å²) in [5.41, 5.74) is 6.25. The van der Waals surface area contributed by atoms with E-state index in [0.29, 0.717) is 5.52 Å². The summed E-state index contributed by atoms with van der Waals surface area (Å²) in [6, 6.07) is 0. The van der Waals surface area contributed by atoms with E-state index >= 15 is 0 Å². The molecule has 128 valence electrons. The molecule has 0 radical (unpaired) electrons. The zero-order chi connectivity index (χ0) is 16.8. The zero-order valence-electron chi connectivity index (χ0n) is 11.5. The molecule has 1 fully saturated rings. The van der Waals surface area contributed by atoms with Crippen LogP contribution < -0.4 is 5.73 Å². The SMILES string of the molecule is Nc1ncnc2c1ncn2[C@@H]1O[C@H](COP(=O)(O)O)C(O)C1O.[KH]. The second-order valence-corrected chi connectivity index (χ2v) is 6.15. The number of hydrogen-bond acceptors (Lipinski definition) is 9. The summed E-state index contributed by atoms with van der Waals surface area (Å²) in [6.45, 7) is -0.594. The van der Waals surface area contributed by atoms with E-state index in [2.05, 4.69) is 19.5 Å². The molecule has 14 heteroatoms. The van der Waals surface area contributed by atoms with Gasteiger partial charge in [-0.3, -0.25) is 9.09 Å². The van der Waals surface area contributed by atoms with Crippen LogP contribution in [0.4, 0.5) is 5.82 Å². The first-order valence-electron chi connectivity index (χ1n) is 6.42. The number of imidazole rings is 1. The molecule has 2 aromatic rings. The second-order valence-electron chi connectivity index (χ2n) is 4.92. The van der Waals surface area contributed by atoms with Gasteiger partial charge in [0.2, 0.25) is 0 Å². The predicted octanol–water partition coefficient (Wildman–Crippen LogP) is -2.51. The van der Waals surface area contributed by atoms with Gasteiger partial charge >= 0.3 is 59.2 Å². The van der Waals surface area contributed by atoms with E-state index < -0.39 is 39.0 Å². The average molecular weight is 387 g/mol. The number of phosphoric acid groups is 1. The third-order valence-electron chi connectivity index (χ3n) is 3.41. The van der Waals surface area contributed by atoms with Gasteiger partial charge in [0.05, 0.1) is 12.9 Å². The van der Waals surface area contributed by atoms with Crippen LogP contribution in [-0.2, 0) is 13.8 Å². The van der Waals surface area contributed by atoms with Crippen molar-refractivity contribution >= 4 is 76.2 Å². The van der Waals surface area contributed by atoms with Crippen LogP contribution in [0, 0.1) is 0 Å². The summed E-state index contributed by atoms with van der Waals surface area (Å²) in [6.07, 6.45) is -2.49. The van der Waals surface area contributed by atoms with Crippen molar-refractivity contribution in [3.8, 4) is 0 Å². The molecule has 0 saturated carbocycles. The third kappa shape index (κ3) is 4.03. The van der Waals surface area contributed by atoms with Gasteiger partial charge < -0.3 is 30.5 Å². The van der Waals surface area contributed by atoms with E-state index in [9.17, 15) is 14.8 Å². The normalized spacial score (nSPS) is 27.3. The Morgan fingerprint density at radius 2 is 2.00 bits per heavy atom. The Morgan fingerprint density at radius 3 is 2.67 bits per heavy atom. The molecule has 2 unspecified atom stereocenters. The molecule has 0 bridgehead atoms. The number of aliphatic hydroxyl groups is 2. The molecule has 1 aliphatic heterocycles. The van der Waals surface area contributed by atoms with E-state index in [1.807, 2.05) is 0 Å². The number of anilines is 1. The first-order chi connectivity index (χ1) is 10.8. The monoisotopic (exact) mass is 387 g/mol. The average Bonchev–Trinajstić information content (AvgIpc) is 3.01. The van der Waals surface area contributed by atoms with Crippen molar-refractivity contribution in [1.82, 2.24) is 19.5 Å². The molecular formula is C10H15KN5O7P. The molecule has 4 atom stereocenters. The summed E-state index contributed by atoms with van der Waals surface area (Å²) in [5, 5.41) is 20.1. The van der Waals surface area contributed by atoms with Crippen LogP contribution in [0.3, 0.4) is 0 Å². The van der Waals surface area contributed by atoms with E-state index in [-0.39, 0.29) is 62.8 Å². The standard InChI is InChI=1S/C10H14N5O7P.K.H/c11-8-5-9(13-2-12-8)15(3-14-5)10-7(17)6(16)4(22-10)1-21-23(18,19)20;;/h2-4,6-7,10,16-17H,1H2,(H2,11,12,13)(H2,18,19,20);;/t4-,6?,7?,10-;;/m1../s1. The quantitative estimate of drug-likeness (QED) is 0.275. The van der Waals surface area contributed by atoms with Crippen LogP contribution in [0.5, 0.6) is 0 Å². The molecule has 12 nitrogen and oxygen atoms in total. The summed E-state index contributed by atoms with van der Waals surface area (Å²) in [7, 11) is -4.72. The number of ether oxygens (including phenoxy) is 1. The molecule has 6 N–H and O–H groups in total. The van der Waals surface area contributed by atoms with E-state index in [4.69, 9.17) is 20.3 Å². The molecule has 0 aromatic carbocycles. The molecule has 0 spiro atoms. The van der Waals surface area contributed by atoms with Crippen LogP contribution in [0.2, 0.25) is 0 Å². The maximum absolute atomic E-state index is 10.7. The minimum absolute atomic E-state index is 0. The Hall–Kier alpha value is -0.0236. The fraction of sp³-hybridized carbons (Fsp3) is 0.500. The number of rotatable bonds is 4. The van der Waals surface area contributed by atoms with Crippen LogP contribution in [0.1, 0.15) is 6.23 Å². The third-order valence-corrected chi connectivity index (χ3v) is 3.89. The number of nitrogens with two attached hydrogens (primary N) is 1. The Balaban J connectivity index is 0.00000208. The Bertz CT molecular complexity index is 769. The number of aromatic nitrogens is 4. The van der Waals surface area contributed by atoms with Gasteiger partial charge in [-0.05, 0) is 0 Å². The summed E-state index contributed by atoms with van der Waals surface area (Å²) < 4.78 is 21.8. The first-order valence-corrected chi connectivity index (χ1v) is 7.95. The molecule has 3 rings (SSSR count). The molecule has 0 amide bonds. The zero-order valence-corrected chi connectivity index (χ0v) is 12.4. The fourth-order valence-corrected chi connectivity index (χ4v) is 2.66. The van der Waals surface area contributed by atoms with E-state index in [0.717, 1.165) is 0 Å². The van der Waals surface area contributed by atoms with Crippen molar-refractivity contribution < 1.29 is 33.8 Å². The van der Waals surface area contributed by atoms with Gasteiger partial charge in [0.1, 0.15) is 30.2 Å². The van der Waals surface area contributed by atoms with Crippen molar-refractivity contribution in [3.63, 3.8) is 0 Å². The topological polar surface area (TPSA) is 186 Å². The molecule has 1 aliphatic rings. The van der Waals surface area contributed by atoms with Gasteiger partial charge in [-0.15, -0.1) is 0 Å². The predicted molar refractivity (Wildman–Crippen MR) is 80.8 cm³/mol. The van der Waals surface area contributed by atoms with Crippen LogP contribution in [0.15, 0.2) is 12.7 Å². The van der Waals surface area contributed by atoms with E-state index in [1.165, 1.54) is 17.2 Å². The van der Waals surface area contributed by atoms with Crippen molar-refractivity contribution in [2.24, 2.45) is 0 Å². The van der Waals surface area contributed by atoms with Crippen molar-refractivity contribution in [2.75, 3.05) is 12.3 Å². The van der Waals surface area contributed by atoms with Gasteiger partial charge in [0, 0.05) is 0 Å². The van der Waals surface area contributed by atoms with Gasteiger partial charge in [-0.2, -0.15) is 0 Å². The number of nitrogens with zero attached hydrogens (tertiary/aromatic N) is 4. The van der Waals surface area contributed by atoms with Crippen molar-refractivity contribution in [2.45, 2.75) is 24.5 Å². The molecule has 0 aliphatic carbocycles. The fourth-order valence-electron chi connectivity index (χ4n) is 2.32. The number of aliphatic hydroxyl groups excluding tert-OH is 2. The number of hydrogen-bond donors (Lipinski definition) is 5. The van der Waals surface area contributed by atoms with Crippen LogP contribution >= 0.6 is 7.82 Å². The summed E-state index contributed by atoms with van der Waals surface area (Å²) in [5.74, 6) is 0.142. The number of nitrogen functional groups attached to an aromatic ring is 1. The minimum atomic E-state index is -4.72. The summed E-state index contributed by atoms with van der Waals surface area (Å²) >= 11 is 0. The van der Waals surface area contributed by atoms with E-state index in [1.54, 1.807) is 0 Å². The number of fused-ring (bicyclic) bond motifs is 1. The van der Waals surface area contributed by atoms with Crippen molar-refractivity contribution in [1.29, 1.82) is 0 Å². The van der Waals surface area contributed by atoms with Crippen LogP contribution in [0.25, 0.3) is 11.2 Å².